The van der Waals surface area contributed by atoms with Gasteiger partial charge in [0.1, 0.15) is 6.17 Å². The van der Waals surface area contributed by atoms with E-state index in [1.165, 1.54) is 13.0 Å². The predicted octanol–water partition coefficient (Wildman–Crippen LogP) is 5.95. The van der Waals surface area contributed by atoms with Crippen LogP contribution in [0, 0.1) is 28.6 Å². The van der Waals surface area contributed by atoms with Crippen molar-refractivity contribution in [2.24, 2.45) is 28.6 Å². The van der Waals surface area contributed by atoms with Gasteiger partial charge in [-0.25, -0.2) is 9.18 Å². The number of carbonyl (C=O) groups is 4. The number of hydrogen-bond acceptors (Lipinski definition) is 6. The Hall–Kier alpha value is -2.32. The number of carbonyl (C=O) groups excluding carboxylic acids is 4. The first-order valence-electron chi connectivity index (χ1n) is 13.6. The van der Waals surface area contributed by atoms with Gasteiger partial charge < -0.3 is 9.47 Å². The number of esters is 2. The van der Waals surface area contributed by atoms with Crippen molar-refractivity contribution in [3.63, 3.8) is 0 Å². The van der Waals surface area contributed by atoms with Gasteiger partial charge in [0.15, 0.2) is 18.0 Å². The van der Waals surface area contributed by atoms with E-state index in [-0.39, 0.29) is 28.5 Å². The van der Waals surface area contributed by atoms with Crippen LogP contribution in [0.3, 0.4) is 0 Å². The highest BCUT2D eigenvalue weighted by Crippen LogP contribution is 2.73. The number of fused-ring (bicyclic) bond motifs is 5. The molecule has 0 saturated heterocycles. The second-order valence-corrected chi connectivity index (χ2v) is 14.0. The van der Waals surface area contributed by atoms with E-state index in [0.29, 0.717) is 12.8 Å². The number of rotatable bonds is 5. The molecule has 4 aliphatic carbocycles. The Labute approximate surface area is 246 Å². The Morgan fingerprint density at radius 3 is 2.50 bits per heavy atom. The van der Waals surface area contributed by atoms with Gasteiger partial charge in [0.05, 0.1) is 10.4 Å². The van der Waals surface area contributed by atoms with Crippen molar-refractivity contribution >= 4 is 51.0 Å². The average Bonchev–Trinajstić information content (AvgIpc) is 3.11. The molecule has 0 aliphatic heterocycles. The molecular weight excluding hydrogens is 603 g/mol. The summed E-state index contributed by atoms with van der Waals surface area (Å²) < 4.78 is 28.3. The monoisotopic (exact) mass is 634 g/mol. The molecule has 40 heavy (non-hydrogen) atoms. The maximum Gasteiger partial charge on any atom is 0.339 e. The molecular formula is C31H33BrClFO6. The molecule has 0 radical (unpaired) electrons. The van der Waals surface area contributed by atoms with Gasteiger partial charge in [-0.3, -0.25) is 14.4 Å². The van der Waals surface area contributed by atoms with Crippen molar-refractivity contribution in [2.75, 3.05) is 6.61 Å². The fraction of sp³-hybridized carbons (Fsp3) is 0.548. The van der Waals surface area contributed by atoms with Crippen LogP contribution < -0.4 is 0 Å². The summed E-state index contributed by atoms with van der Waals surface area (Å²) in [6.45, 7) is 6.12. The molecule has 0 amide bonds. The maximum absolute atomic E-state index is 16.9. The van der Waals surface area contributed by atoms with Gasteiger partial charge in [-0.2, -0.15) is 0 Å². The molecule has 5 rings (SSSR count). The standard InChI is InChI=1S/C31H33BrClFO6/c1-17-12-22-26-23(32)14-20-13-21(36)10-11-28(20,3)30(26,33)24(34)15-29(22,4)31(17,25(37)16-39-18(2)35)40-27(38)19-8-6-5-7-9-19/h5-11,13,17,22-24,26H,12,14-16H2,1-4H3/t17-,22+,23-,24+,26-,28+,29+,30-,31-/m1/s1. The third-order valence-electron chi connectivity index (χ3n) is 10.2. The summed E-state index contributed by atoms with van der Waals surface area (Å²) in [5.74, 6) is -3.38. The number of allylic oxidation sites excluding steroid dienone is 4. The van der Waals surface area contributed by atoms with Gasteiger partial charge in [0, 0.05) is 28.5 Å². The largest absolute Gasteiger partial charge is 0.458 e. The molecule has 0 unspecified atom stereocenters. The van der Waals surface area contributed by atoms with E-state index in [4.69, 9.17) is 21.1 Å². The number of ketones is 2. The van der Waals surface area contributed by atoms with Gasteiger partial charge in [0.25, 0.3) is 0 Å². The topological polar surface area (TPSA) is 86.7 Å². The highest BCUT2D eigenvalue weighted by molar-refractivity contribution is 9.09. The van der Waals surface area contributed by atoms with Crippen LogP contribution in [-0.2, 0) is 23.9 Å². The third-order valence-corrected chi connectivity index (χ3v) is 12.0. The van der Waals surface area contributed by atoms with Gasteiger partial charge in [0.2, 0.25) is 5.78 Å². The van der Waals surface area contributed by atoms with Crippen LogP contribution in [0.4, 0.5) is 4.39 Å². The molecule has 0 heterocycles. The van der Waals surface area contributed by atoms with Crippen molar-refractivity contribution in [1.29, 1.82) is 0 Å². The van der Waals surface area contributed by atoms with Crippen molar-refractivity contribution in [3.8, 4) is 0 Å². The van der Waals surface area contributed by atoms with Gasteiger partial charge >= 0.3 is 11.9 Å². The Kier molecular flexibility index (Phi) is 7.22. The molecule has 6 nitrogen and oxygen atoms in total. The van der Waals surface area contributed by atoms with E-state index < -0.39 is 63.6 Å². The second kappa shape index (κ2) is 9.90. The van der Waals surface area contributed by atoms with E-state index in [2.05, 4.69) is 15.9 Å². The minimum atomic E-state index is -1.76. The van der Waals surface area contributed by atoms with Crippen molar-refractivity contribution in [2.45, 2.75) is 68.4 Å². The lowest BCUT2D eigenvalue weighted by Crippen LogP contribution is -2.70. The summed E-state index contributed by atoms with van der Waals surface area (Å²) in [6.07, 6.45) is 3.89. The molecule has 0 N–H and O–H groups in total. The number of halogens is 3. The lowest BCUT2D eigenvalue weighted by molar-refractivity contribution is -0.178. The summed E-state index contributed by atoms with van der Waals surface area (Å²) in [7, 11) is 0. The second-order valence-electron chi connectivity index (χ2n) is 12.1. The van der Waals surface area contributed by atoms with Crippen molar-refractivity contribution in [1.82, 2.24) is 0 Å². The Morgan fingerprint density at radius 1 is 1.18 bits per heavy atom. The predicted molar refractivity (Wildman–Crippen MR) is 151 cm³/mol. The molecule has 1 aromatic rings. The van der Waals surface area contributed by atoms with Crippen LogP contribution in [0.15, 0.2) is 54.1 Å². The zero-order valence-corrected chi connectivity index (χ0v) is 25.3. The van der Waals surface area contributed by atoms with Crippen LogP contribution in [0.25, 0.3) is 0 Å². The van der Waals surface area contributed by atoms with Crippen LogP contribution >= 0.6 is 27.5 Å². The van der Waals surface area contributed by atoms with Gasteiger partial charge in [-0.05, 0) is 55.4 Å². The summed E-state index contributed by atoms with van der Waals surface area (Å²) in [5.41, 5.74) is -2.80. The van der Waals surface area contributed by atoms with Crippen LogP contribution in [0.5, 0.6) is 0 Å². The number of alkyl halides is 3. The smallest absolute Gasteiger partial charge is 0.339 e. The molecule has 0 aromatic heterocycles. The average molecular weight is 636 g/mol. The summed E-state index contributed by atoms with van der Waals surface area (Å²) in [5, 5.41) is 0. The first-order chi connectivity index (χ1) is 18.7. The van der Waals surface area contributed by atoms with E-state index in [9.17, 15) is 19.2 Å². The minimum Gasteiger partial charge on any atom is -0.458 e. The zero-order valence-electron chi connectivity index (χ0n) is 22.9. The Bertz CT molecular complexity index is 1330. The van der Waals surface area contributed by atoms with Crippen LogP contribution in [0.2, 0.25) is 0 Å². The molecule has 214 valence electrons. The lowest BCUT2D eigenvalue weighted by Gasteiger charge is -2.64. The molecule has 0 spiro atoms. The maximum atomic E-state index is 16.9. The molecule has 3 saturated carbocycles. The minimum absolute atomic E-state index is 0.153. The van der Waals surface area contributed by atoms with Crippen molar-refractivity contribution < 1.29 is 33.0 Å². The first-order valence-corrected chi connectivity index (χ1v) is 14.9. The third kappa shape index (κ3) is 3.92. The summed E-state index contributed by atoms with van der Waals surface area (Å²) in [6, 6.07) is 8.33. The quantitative estimate of drug-likeness (QED) is 0.294. The highest BCUT2D eigenvalue weighted by Gasteiger charge is 2.78. The molecule has 0 bridgehead atoms. The Morgan fingerprint density at radius 2 is 1.85 bits per heavy atom. The van der Waals surface area contributed by atoms with E-state index in [1.807, 2.05) is 20.8 Å². The number of Topliss-reactive ketones (excluding diaryl/α,β-unsaturated/α-hetero) is 1. The number of benzene rings is 1. The molecule has 4 aliphatic rings. The first kappa shape index (κ1) is 29.2. The zero-order chi connectivity index (χ0) is 29.3. The van der Waals surface area contributed by atoms with E-state index in [0.717, 1.165) is 5.57 Å². The van der Waals surface area contributed by atoms with Crippen LogP contribution in [0.1, 0.15) is 57.3 Å². The highest BCUT2D eigenvalue weighted by atomic mass is 79.9. The Balaban J connectivity index is 1.64. The lowest BCUT2D eigenvalue weighted by atomic mass is 9.46. The fourth-order valence-corrected chi connectivity index (χ4v) is 10.2. The number of ether oxygens (including phenoxy) is 2. The summed E-state index contributed by atoms with van der Waals surface area (Å²) >= 11 is 11.3. The molecule has 9 heteroatoms. The molecule has 1 aromatic carbocycles. The molecule has 9 atom stereocenters. The van der Waals surface area contributed by atoms with Gasteiger partial charge in [-0.1, -0.05) is 66.5 Å². The molecule has 3 fully saturated rings. The van der Waals surface area contributed by atoms with Crippen molar-refractivity contribution in [3.05, 3.63) is 59.7 Å². The summed E-state index contributed by atoms with van der Waals surface area (Å²) in [4.78, 5) is 49.8. The van der Waals surface area contributed by atoms with Crippen LogP contribution in [-0.4, -0.2) is 51.6 Å². The normalized spacial score (nSPS) is 41.7. The van der Waals surface area contributed by atoms with Gasteiger partial charge in [-0.15, -0.1) is 11.6 Å². The number of hydrogen-bond donors (Lipinski definition) is 0. The van der Waals surface area contributed by atoms with E-state index in [1.54, 1.807) is 42.5 Å². The van der Waals surface area contributed by atoms with E-state index >= 15 is 4.39 Å². The SMILES string of the molecule is CC(=O)OCC(=O)[C@]1(OC(=O)c2ccccc2)[C@H](C)C[C@H]2[C@@H]3[C@H](Br)CC4=CC(=O)C=C[C@]4(C)[C@@]3(Cl)[C@@H](F)C[C@@]21C. The fourth-order valence-electron chi connectivity index (χ4n) is 8.33.